The number of allylic oxidation sites excluding steroid dienone is 30. The normalized spacial score (nSPS) is 15.1. The van der Waals surface area contributed by atoms with Gasteiger partial charge in [0, 0.05) is 12.8 Å². The zero-order valence-corrected chi connectivity index (χ0v) is 61.4. The van der Waals surface area contributed by atoms with Gasteiger partial charge in [0.1, 0.15) is 19.3 Å². The Hall–Kier alpha value is -6.10. The Morgan fingerprint density at radius 3 is 0.888 bits per heavy atom. The molecule has 0 bridgehead atoms. The van der Waals surface area contributed by atoms with E-state index < -0.39 is 97.5 Å². The predicted molar refractivity (Wildman–Crippen MR) is 399 cm³/mol. The summed E-state index contributed by atoms with van der Waals surface area (Å²) in [5, 5.41) is 10.6. The number of phosphoric ester groups is 2. The number of aliphatic hydroxyl groups is 1. The van der Waals surface area contributed by atoms with Crippen LogP contribution in [0.15, 0.2) is 194 Å². The topological polar surface area (TPSA) is 237 Å². The highest BCUT2D eigenvalue weighted by atomic mass is 31.2. The number of unbranched alkanes of at least 4 members (excludes halogenated alkanes) is 8. The van der Waals surface area contributed by atoms with Gasteiger partial charge in [-0.3, -0.25) is 37.3 Å². The number of hydrogen-bond acceptors (Lipinski definition) is 15. The van der Waals surface area contributed by atoms with Gasteiger partial charge in [0.05, 0.1) is 39.3 Å². The summed E-state index contributed by atoms with van der Waals surface area (Å²) in [7, 11) is -10.0. The van der Waals surface area contributed by atoms with Gasteiger partial charge < -0.3 is 33.8 Å². The molecule has 0 aliphatic carbocycles. The highest BCUT2D eigenvalue weighted by Gasteiger charge is 2.30. The van der Waals surface area contributed by atoms with Crippen molar-refractivity contribution in [2.75, 3.05) is 39.6 Å². The zero-order chi connectivity index (χ0) is 71.8. The van der Waals surface area contributed by atoms with Crippen LogP contribution >= 0.6 is 15.6 Å². The van der Waals surface area contributed by atoms with E-state index in [1.165, 1.54) is 0 Å². The van der Waals surface area contributed by atoms with Gasteiger partial charge in [0.2, 0.25) is 0 Å². The Labute approximate surface area is 589 Å². The molecule has 0 rings (SSSR count). The third-order valence-corrected chi connectivity index (χ3v) is 15.5. The molecule has 0 aliphatic rings. The van der Waals surface area contributed by atoms with E-state index in [1.54, 1.807) is 12.2 Å². The number of hydrogen-bond donors (Lipinski definition) is 3. The fraction of sp³-hybridized carbons (Fsp3) is 0.544. The van der Waals surface area contributed by atoms with Crippen LogP contribution in [0, 0.1) is 0 Å². The number of rotatable bonds is 64. The summed E-state index contributed by atoms with van der Waals surface area (Å²) in [6.45, 7) is 4.09. The number of ether oxygens (including phenoxy) is 4. The maximum atomic E-state index is 13.0. The maximum Gasteiger partial charge on any atom is 0.472 e. The second kappa shape index (κ2) is 69.4. The Bertz CT molecular complexity index is 2630. The molecule has 19 heteroatoms. The van der Waals surface area contributed by atoms with Crippen molar-refractivity contribution in [2.45, 2.75) is 239 Å². The van der Waals surface area contributed by atoms with Crippen LogP contribution in [0.3, 0.4) is 0 Å². The molecular formula is C79H122O17P2. The van der Waals surface area contributed by atoms with Crippen molar-refractivity contribution in [1.29, 1.82) is 0 Å². The van der Waals surface area contributed by atoms with Gasteiger partial charge in [0.15, 0.2) is 12.2 Å². The fourth-order valence-electron chi connectivity index (χ4n) is 8.27. The van der Waals surface area contributed by atoms with Crippen LogP contribution in [0.1, 0.15) is 220 Å². The molecule has 0 saturated heterocycles. The molecule has 0 fully saturated rings. The molecule has 5 unspecified atom stereocenters. The fourth-order valence-corrected chi connectivity index (χ4v) is 9.85. The van der Waals surface area contributed by atoms with Crippen LogP contribution in [-0.4, -0.2) is 96.7 Å². The van der Waals surface area contributed by atoms with Crippen molar-refractivity contribution < 1.29 is 80.2 Å². The van der Waals surface area contributed by atoms with Crippen LogP contribution in [0.4, 0.5) is 0 Å². The smallest absolute Gasteiger partial charge is 0.461 e. The first-order valence-electron chi connectivity index (χ1n) is 35.7. The molecule has 0 aromatic carbocycles. The SMILES string of the molecule is CC/C=C\C/C=C\C/C=C\C/C=C\C/C=C\CC(=O)OCC(COP(=O)(O)OCC(O)COP(=O)(O)OCC(COC(=O)C/C=C\C/C=C\C/C=C\C/C=C\C/C=C\CC)OC(=O)CCCCCCC/C=C\C/C=C\CCC)OC(=O)CCCC/C=C\C/C=C\C/C=C\C/C=C\CC. The van der Waals surface area contributed by atoms with Crippen LogP contribution in [0.5, 0.6) is 0 Å². The molecule has 550 valence electrons. The lowest BCUT2D eigenvalue weighted by Crippen LogP contribution is -2.30. The molecule has 0 radical (unpaired) electrons. The van der Waals surface area contributed by atoms with Gasteiger partial charge >= 0.3 is 39.5 Å². The van der Waals surface area contributed by atoms with E-state index in [2.05, 4.69) is 167 Å². The summed E-state index contributed by atoms with van der Waals surface area (Å²) >= 11 is 0. The molecule has 0 heterocycles. The van der Waals surface area contributed by atoms with E-state index >= 15 is 0 Å². The van der Waals surface area contributed by atoms with E-state index in [0.29, 0.717) is 32.1 Å². The van der Waals surface area contributed by atoms with Crippen molar-refractivity contribution >= 4 is 39.5 Å². The van der Waals surface area contributed by atoms with Gasteiger partial charge in [0.25, 0.3) is 0 Å². The summed E-state index contributed by atoms with van der Waals surface area (Å²) in [6.07, 6.45) is 83.7. The largest absolute Gasteiger partial charge is 0.472 e. The second-order valence-electron chi connectivity index (χ2n) is 22.7. The molecule has 17 nitrogen and oxygen atoms in total. The molecule has 0 aliphatic heterocycles. The lowest BCUT2D eigenvalue weighted by atomic mass is 10.1. The minimum absolute atomic E-state index is 0.0124. The average Bonchev–Trinajstić information content (AvgIpc) is 1.04. The lowest BCUT2D eigenvalue weighted by Gasteiger charge is -2.21. The Kier molecular flexibility index (Phi) is 65.1. The first kappa shape index (κ1) is 91.9. The monoisotopic (exact) mass is 1400 g/mol. The molecule has 98 heavy (non-hydrogen) atoms. The lowest BCUT2D eigenvalue weighted by molar-refractivity contribution is -0.161. The van der Waals surface area contributed by atoms with Crippen LogP contribution in [0.25, 0.3) is 0 Å². The molecule has 0 saturated carbocycles. The molecule has 0 spiro atoms. The van der Waals surface area contributed by atoms with E-state index in [0.717, 1.165) is 135 Å². The van der Waals surface area contributed by atoms with Crippen LogP contribution < -0.4 is 0 Å². The van der Waals surface area contributed by atoms with Crippen LogP contribution in [0.2, 0.25) is 0 Å². The second-order valence-corrected chi connectivity index (χ2v) is 25.6. The molecule has 0 aromatic heterocycles. The summed E-state index contributed by atoms with van der Waals surface area (Å²) in [4.78, 5) is 72.5. The van der Waals surface area contributed by atoms with Gasteiger partial charge in [-0.05, 0) is 141 Å². The quantitative estimate of drug-likeness (QED) is 0.0169. The highest BCUT2D eigenvalue weighted by Crippen LogP contribution is 2.45. The van der Waals surface area contributed by atoms with Crippen molar-refractivity contribution in [3.8, 4) is 0 Å². The standard InChI is InChI=1S/C79H122O17P2/c1-5-9-13-17-21-25-29-33-36-40-43-47-51-55-59-63-76(81)89-69-74(95-78(83)65-61-57-53-49-45-39-32-28-24-20-16-12-8-4)71-93-97(85,86)91-67-73(80)68-92-98(87,88)94-72-75(96-79(84)66-62-58-54-50-46-42-38-35-31-27-23-19-15-11-7-3)70-90-77(82)64-60-56-52-48-44-41-37-34-30-26-22-18-14-10-6-2/h9-11,13-16,20-23,25-28,32-38,43-44,46-48,50,55-56,59-60,73-75,80H,5-8,12,17-19,24,29-31,39-42,45,49,51-54,57-58,61-72H2,1-4H3,(H,85,86)(H,87,88)/b13-9-,14-10-,15-11-,20-16-,25-21-,26-22-,27-23-,32-28-,36-33-,37-34-,38-35-,47-43-,48-44-,50-46-,59-55-,60-56-. The number of aliphatic hydroxyl groups excluding tert-OH is 1. The number of esters is 4. The zero-order valence-electron chi connectivity index (χ0n) is 59.6. The van der Waals surface area contributed by atoms with Gasteiger partial charge in [-0.15, -0.1) is 0 Å². The number of phosphoric acid groups is 2. The number of carbonyl (C=O) groups is 4. The summed E-state index contributed by atoms with van der Waals surface area (Å²) in [5.74, 6) is -2.57. The van der Waals surface area contributed by atoms with Crippen LogP contribution in [-0.2, 0) is 65.4 Å². The van der Waals surface area contributed by atoms with E-state index in [1.807, 2.05) is 42.5 Å². The Morgan fingerprint density at radius 1 is 0.306 bits per heavy atom. The molecular weight excluding hydrogens is 1280 g/mol. The molecule has 0 aromatic rings. The van der Waals surface area contributed by atoms with Gasteiger partial charge in [-0.25, -0.2) is 9.13 Å². The van der Waals surface area contributed by atoms with E-state index in [-0.39, 0.29) is 25.7 Å². The summed E-state index contributed by atoms with van der Waals surface area (Å²) in [6, 6.07) is 0. The third kappa shape index (κ3) is 68.4. The summed E-state index contributed by atoms with van der Waals surface area (Å²) in [5.41, 5.74) is 0. The molecule has 0 amide bonds. The number of carbonyl (C=O) groups excluding carboxylic acids is 4. The first-order chi connectivity index (χ1) is 47.7. The minimum Gasteiger partial charge on any atom is -0.461 e. The van der Waals surface area contributed by atoms with Gasteiger partial charge in [-0.2, -0.15) is 0 Å². The maximum absolute atomic E-state index is 13.0. The highest BCUT2D eigenvalue weighted by molar-refractivity contribution is 7.47. The summed E-state index contributed by atoms with van der Waals surface area (Å²) < 4.78 is 68.0. The third-order valence-electron chi connectivity index (χ3n) is 13.6. The Balaban J connectivity index is 5.56. The van der Waals surface area contributed by atoms with Gasteiger partial charge in [-0.1, -0.05) is 248 Å². The average molecular weight is 1410 g/mol. The van der Waals surface area contributed by atoms with E-state index in [9.17, 15) is 43.2 Å². The minimum atomic E-state index is -5.02. The van der Waals surface area contributed by atoms with Crippen molar-refractivity contribution in [3.63, 3.8) is 0 Å². The first-order valence-corrected chi connectivity index (χ1v) is 38.7. The van der Waals surface area contributed by atoms with Crippen molar-refractivity contribution in [3.05, 3.63) is 194 Å². The van der Waals surface area contributed by atoms with E-state index in [4.69, 9.17) is 37.0 Å². The Morgan fingerprint density at radius 2 is 0.561 bits per heavy atom. The molecule has 5 atom stereocenters. The van der Waals surface area contributed by atoms with Crippen molar-refractivity contribution in [1.82, 2.24) is 0 Å². The predicted octanol–water partition coefficient (Wildman–Crippen LogP) is 20.2. The van der Waals surface area contributed by atoms with Crippen molar-refractivity contribution in [2.24, 2.45) is 0 Å². The molecule has 3 N–H and O–H groups in total.